The molecule has 9 nitrogen and oxygen atoms in total. The predicted molar refractivity (Wildman–Crippen MR) is 145 cm³/mol. The number of halogens is 1. The first-order valence-corrected chi connectivity index (χ1v) is 12.8. The Morgan fingerprint density at radius 1 is 1.13 bits per heavy atom. The van der Waals surface area contributed by atoms with Crippen molar-refractivity contribution in [1.82, 2.24) is 14.5 Å². The van der Waals surface area contributed by atoms with Crippen molar-refractivity contribution in [1.29, 1.82) is 0 Å². The number of nitrogens with zero attached hydrogens (tertiary/aromatic N) is 3. The van der Waals surface area contributed by atoms with Crippen LogP contribution in [0.4, 0.5) is 19.9 Å². The minimum Gasteiger partial charge on any atom is -0.444 e. The Labute approximate surface area is 226 Å². The van der Waals surface area contributed by atoms with E-state index in [0.29, 0.717) is 28.1 Å². The molecule has 39 heavy (non-hydrogen) atoms. The van der Waals surface area contributed by atoms with Crippen LogP contribution in [0.15, 0.2) is 47.3 Å². The molecule has 2 heterocycles. The summed E-state index contributed by atoms with van der Waals surface area (Å²) < 4.78 is 26.6. The monoisotopic (exact) mass is 536 g/mol. The van der Waals surface area contributed by atoms with Gasteiger partial charge in [-0.1, -0.05) is 30.3 Å². The molecule has 0 spiro atoms. The number of hydrogen-bond acceptors (Lipinski definition) is 6. The molecule has 0 saturated carbocycles. The minimum absolute atomic E-state index is 0.0133. The van der Waals surface area contributed by atoms with Gasteiger partial charge in [0.2, 0.25) is 5.95 Å². The number of nitrogens with one attached hydrogen (secondary N) is 1. The van der Waals surface area contributed by atoms with E-state index >= 15 is 0 Å². The number of anilines is 1. The molecule has 1 atom stereocenters. The second-order valence-electron chi connectivity index (χ2n) is 10.6. The molecule has 1 N–H and O–H groups in total. The number of ether oxygens (including phenoxy) is 2. The predicted octanol–water partition coefficient (Wildman–Crippen LogP) is 5.59. The summed E-state index contributed by atoms with van der Waals surface area (Å²) in [6.07, 6.45) is -1.10. The van der Waals surface area contributed by atoms with Crippen molar-refractivity contribution in [2.24, 2.45) is 0 Å². The number of carbonyl (C=O) groups is 2. The molecule has 1 aromatic heterocycles. The van der Waals surface area contributed by atoms with Gasteiger partial charge in [0.1, 0.15) is 18.0 Å². The SMILES string of the molecule is Cc1cc(-n2c(NC(=O)OCc3ccccc3)nc3c(c2=O)CCN(C(=O)OC(C)(C)C)[C@H]3C)cc(C)c1F. The van der Waals surface area contributed by atoms with E-state index in [1.54, 1.807) is 41.5 Å². The van der Waals surface area contributed by atoms with Crippen molar-refractivity contribution in [2.75, 3.05) is 11.9 Å². The van der Waals surface area contributed by atoms with Gasteiger partial charge in [-0.25, -0.2) is 23.5 Å². The quantitative estimate of drug-likeness (QED) is 0.466. The van der Waals surface area contributed by atoms with Gasteiger partial charge in [0.05, 0.1) is 17.4 Å². The molecular weight excluding hydrogens is 503 g/mol. The molecule has 0 bridgehead atoms. The third-order valence-electron chi connectivity index (χ3n) is 6.41. The highest BCUT2D eigenvalue weighted by Crippen LogP contribution is 2.30. The molecule has 1 aliphatic rings. The van der Waals surface area contributed by atoms with Crippen LogP contribution in [0.1, 0.15) is 61.7 Å². The van der Waals surface area contributed by atoms with Crippen molar-refractivity contribution in [3.8, 4) is 5.69 Å². The van der Waals surface area contributed by atoms with E-state index in [2.05, 4.69) is 10.3 Å². The average Bonchev–Trinajstić information content (AvgIpc) is 2.86. The van der Waals surface area contributed by atoms with Gasteiger partial charge in [-0.2, -0.15) is 0 Å². The number of aryl methyl sites for hydroxylation is 2. The molecule has 2 aromatic carbocycles. The molecule has 3 aromatic rings. The lowest BCUT2D eigenvalue weighted by molar-refractivity contribution is 0.0154. The fourth-order valence-corrected chi connectivity index (χ4v) is 4.52. The van der Waals surface area contributed by atoms with Crippen molar-refractivity contribution in [3.63, 3.8) is 0 Å². The highest BCUT2D eigenvalue weighted by atomic mass is 19.1. The number of hydrogen-bond donors (Lipinski definition) is 1. The lowest BCUT2D eigenvalue weighted by Gasteiger charge is -2.35. The number of amides is 2. The van der Waals surface area contributed by atoms with Crippen LogP contribution in [-0.4, -0.2) is 38.8 Å². The smallest absolute Gasteiger partial charge is 0.414 e. The van der Waals surface area contributed by atoms with Crippen LogP contribution in [0.25, 0.3) is 5.69 Å². The topological polar surface area (TPSA) is 103 Å². The highest BCUT2D eigenvalue weighted by Gasteiger charge is 2.35. The summed E-state index contributed by atoms with van der Waals surface area (Å²) in [5.74, 6) is -0.476. The lowest BCUT2D eigenvalue weighted by atomic mass is 10.00. The Bertz CT molecular complexity index is 1440. The molecule has 0 fully saturated rings. The normalized spacial score (nSPS) is 14.9. The van der Waals surface area contributed by atoms with Crippen LogP contribution in [0.5, 0.6) is 0 Å². The molecule has 4 rings (SSSR count). The lowest BCUT2D eigenvalue weighted by Crippen LogP contribution is -2.45. The van der Waals surface area contributed by atoms with Gasteiger partial charge in [0.25, 0.3) is 5.56 Å². The molecule has 0 saturated heterocycles. The molecule has 206 valence electrons. The van der Waals surface area contributed by atoms with E-state index in [4.69, 9.17) is 9.47 Å². The standard InChI is InChI=1S/C29H33FN4O5/c1-17-14-21(15-18(2)23(17)30)34-25(35)22-12-13-33(28(37)39-29(4,5)6)19(3)24(22)31-26(34)32-27(36)38-16-20-10-8-7-9-11-20/h7-11,14-15,19H,12-13,16H2,1-6H3,(H,31,32,36)/t19-/m0/s1. The minimum atomic E-state index is -0.817. The maximum absolute atomic E-state index is 14.4. The van der Waals surface area contributed by atoms with E-state index in [1.165, 1.54) is 21.6 Å². The third kappa shape index (κ3) is 6.10. The maximum Gasteiger partial charge on any atom is 0.414 e. The van der Waals surface area contributed by atoms with Crippen molar-refractivity contribution in [3.05, 3.63) is 86.6 Å². The number of aromatic nitrogens is 2. The summed E-state index contributed by atoms with van der Waals surface area (Å²) >= 11 is 0. The number of carbonyl (C=O) groups excluding carboxylic acids is 2. The first-order valence-electron chi connectivity index (χ1n) is 12.8. The van der Waals surface area contributed by atoms with Gasteiger partial charge in [-0.3, -0.25) is 15.0 Å². The maximum atomic E-state index is 14.4. The Balaban J connectivity index is 1.75. The van der Waals surface area contributed by atoms with E-state index in [-0.39, 0.29) is 31.3 Å². The molecule has 0 aliphatic carbocycles. The van der Waals surface area contributed by atoms with E-state index in [1.807, 2.05) is 30.3 Å². The molecule has 10 heteroatoms. The van der Waals surface area contributed by atoms with Crippen molar-refractivity contribution in [2.45, 2.75) is 66.2 Å². The largest absolute Gasteiger partial charge is 0.444 e. The van der Waals surface area contributed by atoms with Gasteiger partial charge in [0, 0.05) is 12.1 Å². The zero-order chi connectivity index (χ0) is 28.5. The van der Waals surface area contributed by atoms with Gasteiger partial charge in [-0.15, -0.1) is 0 Å². The number of fused-ring (bicyclic) bond motifs is 1. The highest BCUT2D eigenvalue weighted by molar-refractivity contribution is 5.83. The van der Waals surface area contributed by atoms with Crippen LogP contribution in [0.3, 0.4) is 0 Å². The molecule has 0 radical (unpaired) electrons. The average molecular weight is 537 g/mol. The summed E-state index contributed by atoms with van der Waals surface area (Å²) in [5, 5.41) is 2.59. The fourth-order valence-electron chi connectivity index (χ4n) is 4.52. The zero-order valence-corrected chi connectivity index (χ0v) is 23.0. The molecular formula is C29H33FN4O5. The summed E-state index contributed by atoms with van der Waals surface area (Å²) in [7, 11) is 0. The van der Waals surface area contributed by atoms with E-state index in [0.717, 1.165) is 5.56 Å². The number of benzene rings is 2. The fraction of sp³-hybridized carbons (Fsp3) is 0.379. The Morgan fingerprint density at radius 3 is 2.38 bits per heavy atom. The van der Waals surface area contributed by atoms with Crippen LogP contribution < -0.4 is 10.9 Å². The summed E-state index contributed by atoms with van der Waals surface area (Å²) in [6, 6.07) is 11.6. The van der Waals surface area contributed by atoms with Gasteiger partial charge in [-0.05, 0) is 76.8 Å². The summed E-state index contributed by atoms with van der Waals surface area (Å²) in [6.45, 7) is 10.6. The van der Waals surface area contributed by atoms with Gasteiger partial charge in [0.15, 0.2) is 0 Å². The van der Waals surface area contributed by atoms with Crippen LogP contribution in [-0.2, 0) is 22.5 Å². The van der Waals surface area contributed by atoms with E-state index in [9.17, 15) is 18.8 Å². The van der Waals surface area contributed by atoms with Crippen molar-refractivity contribution < 1.29 is 23.5 Å². The summed E-state index contributed by atoms with van der Waals surface area (Å²) in [4.78, 5) is 45.7. The van der Waals surface area contributed by atoms with Gasteiger partial charge >= 0.3 is 12.2 Å². The Morgan fingerprint density at radius 2 is 1.77 bits per heavy atom. The molecule has 1 aliphatic heterocycles. The molecule has 0 unspecified atom stereocenters. The second-order valence-corrected chi connectivity index (χ2v) is 10.6. The van der Waals surface area contributed by atoms with Crippen LogP contribution >= 0.6 is 0 Å². The van der Waals surface area contributed by atoms with Crippen LogP contribution in [0, 0.1) is 19.7 Å². The molecule has 2 amide bonds. The second kappa shape index (κ2) is 10.9. The number of rotatable bonds is 4. The first-order chi connectivity index (χ1) is 18.4. The van der Waals surface area contributed by atoms with Gasteiger partial charge < -0.3 is 9.47 Å². The zero-order valence-electron chi connectivity index (χ0n) is 23.0. The summed E-state index contributed by atoms with van der Waals surface area (Å²) in [5.41, 5.74) is 1.48. The first kappa shape index (κ1) is 27.8. The van der Waals surface area contributed by atoms with Crippen molar-refractivity contribution >= 4 is 18.1 Å². The Kier molecular flexibility index (Phi) is 7.76. The Hall–Kier alpha value is -4.21. The van der Waals surface area contributed by atoms with E-state index < -0.39 is 29.4 Å². The van der Waals surface area contributed by atoms with Crippen LogP contribution in [0.2, 0.25) is 0 Å². The third-order valence-corrected chi connectivity index (χ3v) is 6.41.